The Kier molecular flexibility index (Phi) is 9.58. The fourth-order valence-electron chi connectivity index (χ4n) is 6.44. The first-order valence-electron chi connectivity index (χ1n) is 19.1. The van der Waals surface area contributed by atoms with E-state index in [2.05, 4.69) is 90.3 Å². The van der Waals surface area contributed by atoms with Gasteiger partial charge in [-0.1, -0.05) is 132 Å². The predicted octanol–water partition coefficient (Wildman–Crippen LogP) is 12.6. The van der Waals surface area contributed by atoms with Gasteiger partial charge in [-0.2, -0.15) is 0 Å². The van der Waals surface area contributed by atoms with Crippen LogP contribution in [0.4, 0.5) is 0 Å². The zero-order valence-corrected chi connectivity index (χ0v) is 34.5. The van der Waals surface area contributed by atoms with E-state index < -0.39 is 25.8 Å². The maximum atomic E-state index is 9.14. The smallest absolute Gasteiger partial charge is 0.121 e. The number of aromatic nitrogens is 2. The number of fused-ring (bicyclic) bond motifs is 6. The summed E-state index contributed by atoms with van der Waals surface area (Å²) in [5.41, 5.74) is 5.40. The van der Waals surface area contributed by atoms with Crippen LogP contribution in [0.25, 0.3) is 66.0 Å². The van der Waals surface area contributed by atoms with Crippen molar-refractivity contribution in [1.82, 2.24) is 9.97 Å². The molecule has 0 aliphatic heterocycles. The van der Waals surface area contributed by atoms with Crippen molar-refractivity contribution in [3.63, 3.8) is 0 Å². The first-order valence-corrected chi connectivity index (χ1v) is 21.1. The molecule has 0 spiro atoms. The monoisotopic (exact) mass is 878 g/mol. The van der Waals surface area contributed by atoms with E-state index in [9.17, 15) is 0 Å². The molecule has 0 aliphatic rings. The molecular weight excluding hydrogens is 829 g/mol. The molecule has 8 aromatic rings. The summed E-state index contributed by atoms with van der Waals surface area (Å²) in [6, 6.07) is 41.0. The van der Waals surface area contributed by atoms with Crippen LogP contribution in [0.5, 0.6) is 0 Å². The van der Waals surface area contributed by atoms with Crippen molar-refractivity contribution in [2.45, 2.75) is 66.5 Å². The largest absolute Gasteiger partial charge is 0.501 e. The quantitative estimate of drug-likeness (QED) is 0.0982. The minimum atomic E-state index is -1.64. The summed E-state index contributed by atoms with van der Waals surface area (Å²) >= 11 is 0. The van der Waals surface area contributed by atoms with Crippen LogP contribution in [-0.4, -0.2) is 18.0 Å². The van der Waals surface area contributed by atoms with Gasteiger partial charge in [0.1, 0.15) is 5.58 Å². The second-order valence-corrected chi connectivity index (χ2v) is 20.6. The number of rotatable bonds is 5. The second-order valence-electron chi connectivity index (χ2n) is 15.5. The molecule has 0 N–H and O–H groups in total. The zero-order valence-electron chi connectivity index (χ0n) is 34.1. The Labute approximate surface area is 327 Å². The number of pyridine rings is 2. The van der Waals surface area contributed by atoms with Gasteiger partial charge >= 0.3 is 0 Å². The zero-order chi connectivity index (χ0) is 38.6. The Morgan fingerprint density at radius 3 is 2.27 bits per heavy atom. The summed E-state index contributed by atoms with van der Waals surface area (Å²) in [5, 5.41) is 7.50. The van der Waals surface area contributed by atoms with Crippen LogP contribution in [0.1, 0.15) is 55.8 Å². The molecule has 3 heterocycles. The summed E-state index contributed by atoms with van der Waals surface area (Å²) in [4.78, 5) is 9.13. The Balaban J connectivity index is 0.000000254. The van der Waals surface area contributed by atoms with Crippen LogP contribution in [-0.2, 0) is 26.5 Å². The molecule has 0 amide bonds. The van der Waals surface area contributed by atoms with Crippen molar-refractivity contribution in [3.05, 3.63) is 139 Å². The number of nitrogens with zero attached hydrogens (tertiary/aromatic N) is 2. The molecule has 0 bridgehead atoms. The van der Waals surface area contributed by atoms with Gasteiger partial charge in [0.05, 0.1) is 13.7 Å². The summed E-state index contributed by atoms with van der Waals surface area (Å²) < 4.78 is 33.4. The Bertz CT molecular complexity index is 2640. The molecule has 3 nitrogen and oxygen atoms in total. The fraction of sp³-hybridized carbons (Fsp3) is 0.234. The van der Waals surface area contributed by atoms with Crippen LogP contribution in [0, 0.1) is 17.5 Å². The van der Waals surface area contributed by atoms with E-state index in [1.54, 1.807) is 12.3 Å². The van der Waals surface area contributed by atoms with Crippen molar-refractivity contribution < 1.29 is 28.6 Å². The van der Waals surface area contributed by atoms with Gasteiger partial charge in [0.15, 0.2) is 0 Å². The minimum Gasteiger partial charge on any atom is -0.501 e. The van der Waals surface area contributed by atoms with Gasteiger partial charge in [0.2, 0.25) is 0 Å². The molecule has 0 fully saturated rings. The summed E-state index contributed by atoms with van der Waals surface area (Å²) in [6.07, 6.45) is 2.09. The van der Waals surface area contributed by atoms with Crippen molar-refractivity contribution in [2.24, 2.45) is 5.41 Å². The molecule has 1 radical (unpaired) electrons. The van der Waals surface area contributed by atoms with Crippen LogP contribution >= 0.6 is 0 Å². The standard InChI is InChI=1S/C33H30NO.C14H16NSi.Ir/c1-20(2)22-14-15-34-29(17-22)26-13-12-24(19-33(3,4)5)31-28-16-23-11-10-21-8-6-7-9-25(21)27(23)18-30(28)35-32(26)31;1-16(2,3)13-9-10-14(15-11-13)12-7-5-4-6-8-12;/h6-12,14-18,20H,19H2,1-5H3;4-7,9-11H,1-3H3;/q2*-1;/i19D2,20D;;. The maximum absolute atomic E-state index is 9.14. The van der Waals surface area contributed by atoms with Gasteiger partial charge < -0.3 is 14.4 Å². The Morgan fingerprint density at radius 2 is 1.58 bits per heavy atom. The van der Waals surface area contributed by atoms with Gasteiger partial charge in [0, 0.05) is 42.0 Å². The molecule has 52 heavy (non-hydrogen) atoms. The first-order chi connectivity index (χ1) is 25.4. The molecule has 3 aromatic heterocycles. The topological polar surface area (TPSA) is 38.9 Å². The molecule has 0 aliphatic carbocycles. The van der Waals surface area contributed by atoms with Gasteiger partial charge in [-0.25, -0.2) is 0 Å². The van der Waals surface area contributed by atoms with E-state index in [0.29, 0.717) is 28.0 Å². The molecule has 0 unspecified atom stereocenters. The third kappa shape index (κ3) is 7.83. The molecule has 5 heteroatoms. The van der Waals surface area contributed by atoms with Gasteiger partial charge in [-0.05, 0) is 67.6 Å². The van der Waals surface area contributed by atoms with Crippen molar-refractivity contribution >= 4 is 56.7 Å². The van der Waals surface area contributed by atoms with Gasteiger partial charge in [-0.15, -0.1) is 53.6 Å². The maximum Gasteiger partial charge on any atom is 0.121 e. The van der Waals surface area contributed by atoms with Crippen molar-refractivity contribution in [3.8, 4) is 22.5 Å². The normalized spacial score (nSPS) is 13.3. The van der Waals surface area contributed by atoms with Crippen molar-refractivity contribution in [2.75, 3.05) is 0 Å². The third-order valence-corrected chi connectivity index (χ3v) is 11.2. The Morgan fingerprint density at radius 1 is 0.808 bits per heavy atom. The van der Waals surface area contributed by atoms with Crippen LogP contribution in [0.3, 0.4) is 0 Å². The number of hydrogen-bond donors (Lipinski definition) is 0. The van der Waals surface area contributed by atoms with E-state index in [0.717, 1.165) is 49.1 Å². The molecule has 5 aromatic carbocycles. The average Bonchev–Trinajstić information content (AvgIpc) is 3.51. The van der Waals surface area contributed by atoms with E-state index in [1.807, 2.05) is 89.3 Å². The van der Waals surface area contributed by atoms with Crippen LogP contribution in [0.15, 0.2) is 120 Å². The fourth-order valence-corrected chi connectivity index (χ4v) is 7.48. The molecular formula is C47H46IrN2OSi-2. The minimum absolute atomic E-state index is 0. The SMILES string of the molecule is C[Si](C)(C)c1ccc(-c2[c-]cccc2)nc1.[2H]C(C)(C)c1ccnc(-c2[c-]cc(C([2H])([2H])C(C)(C)C)c3c2oc2cc4c(ccc5ccccc54)cc23)c1.[Ir]. The molecule has 0 saturated carbocycles. The van der Waals surface area contributed by atoms with Gasteiger partial charge in [0.25, 0.3) is 0 Å². The van der Waals surface area contributed by atoms with Crippen LogP contribution < -0.4 is 5.19 Å². The number of furan rings is 1. The van der Waals surface area contributed by atoms with E-state index in [1.165, 1.54) is 5.19 Å². The van der Waals surface area contributed by atoms with E-state index in [-0.39, 0.29) is 20.1 Å². The summed E-state index contributed by atoms with van der Waals surface area (Å²) in [5.74, 6) is -0.785. The third-order valence-electron chi connectivity index (χ3n) is 9.13. The Hall–Kier alpha value is -4.41. The summed E-state index contributed by atoms with van der Waals surface area (Å²) in [6.45, 7) is 16.4. The average molecular weight is 878 g/mol. The van der Waals surface area contributed by atoms with E-state index >= 15 is 0 Å². The van der Waals surface area contributed by atoms with Crippen molar-refractivity contribution in [1.29, 1.82) is 0 Å². The predicted molar refractivity (Wildman–Crippen MR) is 220 cm³/mol. The molecule has 265 valence electrons. The van der Waals surface area contributed by atoms with E-state index in [4.69, 9.17) is 8.53 Å². The molecule has 8 rings (SSSR count). The number of benzene rings is 5. The van der Waals surface area contributed by atoms with Crippen LogP contribution in [0.2, 0.25) is 19.6 Å². The number of hydrogen-bond acceptors (Lipinski definition) is 3. The van der Waals surface area contributed by atoms with Gasteiger partial charge in [-0.3, -0.25) is 0 Å². The molecule has 0 atom stereocenters. The second kappa shape index (κ2) is 14.9. The molecule has 0 saturated heterocycles. The summed E-state index contributed by atoms with van der Waals surface area (Å²) in [7, 11) is -1.23. The first kappa shape index (κ1) is 33.4.